The zero-order chi connectivity index (χ0) is 14.9. The van der Waals surface area contributed by atoms with Crippen LogP contribution in [0.1, 0.15) is 12.8 Å². The van der Waals surface area contributed by atoms with Crippen LogP contribution < -0.4 is 4.72 Å². The molecule has 0 amide bonds. The van der Waals surface area contributed by atoms with Crippen LogP contribution in [0.25, 0.3) is 10.9 Å². The molecule has 0 unspecified atom stereocenters. The first-order valence-electron chi connectivity index (χ1n) is 7.10. The second kappa shape index (κ2) is 5.61. The number of nitrogens with one attached hydrogen (secondary N) is 1. The molecule has 5 nitrogen and oxygen atoms in total. The van der Waals surface area contributed by atoms with E-state index in [1.54, 1.807) is 12.3 Å². The summed E-state index contributed by atoms with van der Waals surface area (Å²) in [5.41, 5.74) is 1.25. The van der Waals surface area contributed by atoms with Gasteiger partial charge < -0.3 is 4.90 Å². The topological polar surface area (TPSA) is 62.3 Å². The first-order valence-corrected chi connectivity index (χ1v) is 8.65. The van der Waals surface area contributed by atoms with Crippen molar-refractivity contribution in [2.75, 3.05) is 24.9 Å². The van der Waals surface area contributed by atoms with E-state index in [-0.39, 0.29) is 5.25 Å². The van der Waals surface area contributed by atoms with Crippen LogP contribution in [-0.4, -0.2) is 43.7 Å². The van der Waals surface area contributed by atoms with E-state index in [0.29, 0.717) is 24.0 Å². The summed E-state index contributed by atoms with van der Waals surface area (Å²) in [6, 6.07) is 9.31. The highest BCUT2D eigenvalue weighted by atomic mass is 32.2. The summed E-state index contributed by atoms with van der Waals surface area (Å²) in [7, 11) is -1.35. The lowest BCUT2D eigenvalue weighted by atomic mass is 10.1. The Bertz CT molecular complexity index is 732. The van der Waals surface area contributed by atoms with Crippen LogP contribution in [0.3, 0.4) is 0 Å². The van der Waals surface area contributed by atoms with Crippen molar-refractivity contribution in [2.24, 2.45) is 0 Å². The van der Waals surface area contributed by atoms with Crippen LogP contribution >= 0.6 is 0 Å². The summed E-state index contributed by atoms with van der Waals surface area (Å²) in [6.45, 7) is 1.64. The Morgan fingerprint density at radius 3 is 2.67 bits per heavy atom. The number of hydrogen-bond acceptors (Lipinski definition) is 4. The van der Waals surface area contributed by atoms with Crippen LogP contribution in [0.5, 0.6) is 0 Å². The van der Waals surface area contributed by atoms with Crippen molar-refractivity contribution in [1.29, 1.82) is 0 Å². The van der Waals surface area contributed by atoms with E-state index in [9.17, 15) is 8.42 Å². The average Bonchev–Trinajstić information content (AvgIpc) is 2.48. The predicted octanol–water partition coefficient (Wildman–Crippen LogP) is 2.07. The number of fused-ring (bicyclic) bond motifs is 1. The molecule has 1 aliphatic rings. The molecule has 0 radical (unpaired) electrons. The molecule has 1 saturated heterocycles. The van der Waals surface area contributed by atoms with Gasteiger partial charge in [-0.2, -0.15) is 0 Å². The summed E-state index contributed by atoms with van der Waals surface area (Å²) in [5.74, 6) is 0. The Hall–Kier alpha value is -1.66. The summed E-state index contributed by atoms with van der Waals surface area (Å²) in [5, 5.41) is 0.605. The molecule has 6 heteroatoms. The SMILES string of the molecule is CN1CCC(S(=O)(=O)Nc2cccc3cccnc23)CC1. The lowest BCUT2D eigenvalue weighted by Crippen LogP contribution is -2.39. The van der Waals surface area contributed by atoms with Crippen molar-refractivity contribution in [2.45, 2.75) is 18.1 Å². The Labute approximate surface area is 125 Å². The molecule has 1 aromatic heterocycles. The molecule has 1 N–H and O–H groups in total. The van der Waals surface area contributed by atoms with Crippen LogP contribution in [0, 0.1) is 0 Å². The molecule has 21 heavy (non-hydrogen) atoms. The second-order valence-electron chi connectivity index (χ2n) is 5.53. The van der Waals surface area contributed by atoms with Crippen LogP contribution in [0.4, 0.5) is 5.69 Å². The van der Waals surface area contributed by atoms with Crippen molar-refractivity contribution in [3.8, 4) is 0 Å². The van der Waals surface area contributed by atoms with Crippen molar-refractivity contribution in [3.05, 3.63) is 36.5 Å². The number of aromatic nitrogens is 1. The smallest absolute Gasteiger partial charge is 0.235 e. The van der Waals surface area contributed by atoms with Gasteiger partial charge in [0, 0.05) is 11.6 Å². The quantitative estimate of drug-likeness (QED) is 0.943. The molecular weight excluding hydrogens is 286 g/mol. The second-order valence-corrected chi connectivity index (χ2v) is 7.49. The molecule has 1 fully saturated rings. The monoisotopic (exact) mass is 305 g/mol. The third-order valence-corrected chi connectivity index (χ3v) is 5.84. The number of nitrogens with zero attached hydrogens (tertiary/aromatic N) is 2. The zero-order valence-corrected chi connectivity index (χ0v) is 12.8. The van der Waals surface area contributed by atoms with E-state index in [0.717, 1.165) is 18.5 Å². The molecular formula is C15H19N3O2S. The van der Waals surface area contributed by atoms with Gasteiger partial charge in [-0.3, -0.25) is 9.71 Å². The molecule has 2 heterocycles. The molecule has 0 aliphatic carbocycles. The first kappa shape index (κ1) is 14.3. The molecule has 0 saturated carbocycles. The third-order valence-electron chi connectivity index (χ3n) is 3.99. The number of anilines is 1. The number of sulfonamides is 1. The maximum Gasteiger partial charge on any atom is 0.235 e. The normalized spacial score (nSPS) is 18.0. The lowest BCUT2D eigenvalue weighted by Gasteiger charge is -2.28. The highest BCUT2D eigenvalue weighted by molar-refractivity contribution is 7.93. The number of rotatable bonds is 3. The fourth-order valence-electron chi connectivity index (χ4n) is 2.72. The predicted molar refractivity (Wildman–Crippen MR) is 84.8 cm³/mol. The van der Waals surface area contributed by atoms with E-state index in [2.05, 4.69) is 14.6 Å². The van der Waals surface area contributed by atoms with Gasteiger partial charge in [0.25, 0.3) is 0 Å². The van der Waals surface area contributed by atoms with Gasteiger partial charge in [-0.15, -0.1) is 0 Å². The summed E-state index contributed by atoms with van der Waals surface area (Å²) < 4.78 is 27.8. The molecule has 0 bridgehead atoms. The molecule has 0 atom stereocenters. The van der Waals surface area contributed by atoms with Gasteiger partial charge >= 0.3 is 0 Å². The molecule has 112 valence electrons. The van der Waals surface area contributed by atoms with Gasteiger partial charge in [-0.05, 0) is 45.1 Å². The minimum atomic E-state index is -3.37. The van der Waals surface area contributed by atoms with E-state index >= 15 is 0 Å². The molecule has 0 spiro atoms. The summed E-state index contributed by atoms with van der Waals surface area (Å²) in [6.07, 6.45) is 3.02. The van der Waals surface area contributed by atoms with E-state index < -0.39 is 10.0 Å². The van der Waals surface area contributed by atoms with Gasteiger partial charge in [0.2, 0.25) is 10.0 Å². The van der Waals surface area contributed by atoms with Gasteiger partial charge in [0.1, 0.15) is 0 Å². The van der Waals surface area contributed by atoms with E-state index in [1.807, 2.05) is 31.3 Å². The minimum absolute atomic E-state index is 0.326. The van der Waals surface area contributed by atoms with Crippen LogP contribution in [0.2, 0.25) is 0 Å². The summed E-state index contributed by atoms with van der Waals surface area (Å²) in [4.78, 5) is 6.45. The molecule has 3 rings (SSSR count). The molecule has 1 aromatic carbocycles. The third kappa shape index (κ3) is 3.01. The van der Waals surface area contributed by atoms with Crippen LogP contribution in [-0.2, 0) is 10.0 Å². The Kier molecular flexibility index (Phi) is 3.82. The number of likely N-dealkylation sites (tertiary alicyclic amines) is 1. The largest absolute Gasteiger partial charge is 0.306 e. The number of pyridine rings is 1. The lowest BCUT2D eigenvalue weighted by molar-refractivity contribution is 0.278. The Balaban J connectivity index is 1.87. The van der Waals surface area contributed by atoms with Crippen LogP contribution in [0.15, 0.2) is 36.5 Å². The van der Waals surface area contributed by atoms with Gasteiger partial charge in [0.05, 0.1) is 16.5 Å². The Morgan fingerprint density at radius 1 is 1.19 bits per heavy atom. The number of piperidine rings is 1. The maximum absolute atomic E-state index is 12.5. The summed E-state index contributed by atoms with van der Waals surface area (Å²) >= 11 is 0. The zero-order valence-electron chi connectivity index (χ0n) is 12.0. The molecule has 1 aliphatic heterocycles. The highest BCUT2D eigenvalue weighted by Crippen LogP contribution is 2.25. The number of benzene rings is 1. The van der Waals surface area contributed by atoms with E-state index in [1.165, 1.54) is 0 Å². The fraction of sp³-hybridized carbons (Fsp3) is 0.400. The number of hydrogen-bond donors (Lipinski definition) is 1. The van der Waals surface area contributed by atoms with Crippen molar-refractivity contribution >= 4 is 26.6 Å². The number of para-hydroxylation sites is 1. The van der Waals surface area contributed by atoms with Gasteiger partial charge in [-0.1, -0.05) is 18.2 Å². The van der Waals surface area contributed by atoms with Crippen molar-refractivity contribution in [3.63, 3.8) is 0 Å². The molecule has 2 aromatic rings. The van der Waals surface area contributed by atoms with Gasteiger partial charge in [0.15, 0.2) is 0 Å². The highest BCUT2D eigenvalue weighted by Gasteiger charge is 2.29. The standard InChI is InChI=1S/C15H19N3O2S/c1-18-10-7-13(8-11-18)21(19,20)17-14-6-2-4-12-5-3-9-16-15(12)14/h2-6,9,13,17H,7-8,10-11H2,1H3. The van der Waals surface area contributed by atoms with Crippen molar-refractivity contribution in [1.82, 2.24) is 9.88 Å². The minimum Gasteiger partial charge on any atom is -0.306 e. The van der Waals surface area contributed by atoms with Crippen molar-refractivity contribution < 1.29 is 8.42 Å². The van der Waals surface area contributed by atoms with E-state index in [4.69, 9.17) is 0 Å². The Morgan fingerprint density at radius 2 is 1.90 bits per heavy atom. The average molecular weight is 305 g/mol. The fourth-order valence-corrected chi connectivity index (χ4v) is 4.19. The maximum atomic E-state index is 12.5. The first-order chi connectivity index (χ1) is 10.1. The van der Waals surface area contributed by atoms with Gasteiger partial charge in [-0.25, -0.2) is 8.42 Å².